The predicted molar refractivity (Wildman–Crippen MR) is 255 cm³/mol. The van der Waals surface area contributed by atoms with Crippen molar-refractivity contribution in [1.82, 2.24) is 0 Å². The van der Waals surface area contributed by atoms with Gasteiger partial charge >= 0.3 is 0 Å². The molecule has 2 nitrogen and oxygen atoms in total. The van der Waals surface area contributed by atoms with Gasteiger partial charge in [0.15, 0.2) is 0 Å². The van der Waals surface area contributed by atoms with Gasteiger partial charge in [0, 0.05) is 33.2 Å². The summed E-state index contributed by atoms with van der Waals surface area (Å²) in [4.78, 5) is 2.42. The molecule has 0 aliphatic carbocycles. The van der Waals surface area contributed by atoms with Crippen LogP contribution in [0, 0.1) is 0 Å². The first kappa shape index (κ1) is 34.1. The van der Waals surface area contributed by atoms with Crippen LogP contribution >= 0.6 is 0 Å². The fourth-order valence-electron chi connectivity index (χ4n) is 9.50. The Labute approximate surface area is 347 Å². The minimum absolute atomic E-state index is 0.889. The fourth-order valence-corrected chi connectivity index (χ4v) is 9.50. The molecular weight excluding hydrogens is 727 g/mol. The van der Waals surface area contributed by atoms with Gasteiger partial charge in [-0.2, -0.15) is 0 Å². The Bertz CT molecular complexity index is 3600. The van der Waals surface area contributed by atoms with Gasteiger partial charge in [-0.25, -0.2) is 0 Å². The van der Waals surface area contributed by atoms with Gasteiger partial charge in [0.05, 0.1) is 0 Å². The minimum atomic E-state index is 0.889. The van der Waals surface area contributed by atoms with Crippen molar-refractivity contribution in [2.45, 2.75) is 0 Å². The zero-order valence-corrected chi connectivity index (χ0v) is 32.7. The molecule has 0 atom stereocenters. The van der Waals surface area contributed by atoms with Gasteiger partial charge < -0.3 is 9.32 Å². The number of hydrogen-bond acceptors (Lipinski definition) is 2. The first-order valence-electron chi connectivity index (χ1n) is 20.6. The molecule has 0 amide bonds. The summed E-state index contributed by atoms with van der Waals surface area (Å²) in [5.41, 5.74) is 12.2. The number of benzene rings is 11. The molecule has 0 fully saturated rings. The normalized spacial score (nSPS) is 11.7. The molecule has 1 heterocycles. The van der Waals surface area contributed by atoms with E-state index in [4.69, 9.17) is 4.42 Å². The van der Waals surface area contributed by atoms with Gasteiger partial charge in [-0.15, -0.1) is 0 Å². The quantitative estimate of drug-likeness (QED) is 0.157. The van der Waals surface area contributed by atoms with E-state index in [-0.39, 0.29) is 0 Å². The second kappa shape index (κ2) is 13.9. The number of nitrogens with zero attached hydrogens (tertiary/aromatic N) is 1. The molecule has 11 aromatic carbocycles. The molecule has 60 heavy (non-hydrogen) atoms. The second-order valence-electron chi connectivity index (χ2n) is 15.6. The zero-order chi connectivity index (χ0) is 39.6. The summed E-state index contributed by atoms with van der Waals surface area (Å²) in [7, 11) is 0. The second-order valence-corrected chi connectivity index (χ2v) is 15.6. The van der Waals surface area contributed by atoms with Crippen LogP contribution < -0.4 is 4.90 Å². The van der Waals surface area contributed by atoms with E-state index in [1.807, 2.05) is 0 Å². The van der Waals surface area contributed by atoms with Crippen molar-refractivity contribution < 1.29 is 4.42 Å². The van der Waals surface area contributed by atoms with Crippen molar-refractivity contribution in [3.8, 4) is 33.4 Å². The summed E-state index contributed by atoms with van der Waals surface area (Å²) in [6, 6.07) is 81.4. The molecule has 280 valence electrons. The zero-order valence-electron chi connectivity index (χ0n) is 32.7. The van der Waals surface area contributed by atoms with Gasteiger partial charge in [-0.1, -0.05) is 176 Å². The largest absolute Gasteiger partial charge is 0.455 e. The van der Waals surface area contributed by atoms with E-state index in [0.717, 1.165) is 55.5 Å². The fraction of sp³-hybridized carbons (Fsp3) is 0. The summed E-state index contributed by atoms with van der Waals surface area (Å²) in [5, 5.41) is 11.9. The van der Waals surface area contributed by atoms with Crippen molar-refractivity contribution >= 4 is 82.1 Å². The van der Waals surface area contributed by atoms with Gasteiger partial charge in [-0.05, 0) is 120 Å². The van der Waals surface area contributed by atoms with Gasteiger partial charge in [-0.3, -0.25) is 0 Å². The SMILES string of the molecule is c1ccc(-c2c(-c3ccccc3)c3cc(N(c4cccc(-c5cccc6oc7c8ccccc8ccc7c56)c4)c4ccc5ccccc5c4)ccc3c3ccccc23)cc1. The third-order valence-corrected chi connectivity index (χ3v) is 12.2. The molecule has 2 heteroatoms. The van der Waals surface area contributed by atoms with Crippen LogP contribution in [0.1, 0.15) is 0 Å². The maximum atomic E-state index is 6.64. The molecule has 0 bridgehead atoms. The van der Waals surface area contributed by atoms with Crippen molar-refractivity contribution in [2.75, 3.05) is 4.90 Å². The minimum Gasteiger partial charge on any atom is -0.455 e. The van der Waals surface area contributed by atoms with Crippen LogP contribution in [-0.2, 0) is 0 Å². The lowest BCUT2D eigenvalue weighted by Gasteiger charge is -2.28. The summed E-state index contributed by atoms with van der Waals surface area (Å²) >= 11 is 0. The Morgan fingerprint density at radius 2 is 0.850 bits per heavy atom. The highest BCUT2D eigenvalue weighted by molar-refractivity contribution is 6.23. The van der Waals surface area contributed by atoms with E-state index >= 15 is 0 Å². The number of furan rings is 1. The Morgan fingerprint density at radius 1 is 0.300 bits per heavy atom. The Kier molecular flexibility index (Phi) is 7.89. The molecule has 0 spiro atoms. The van der Waals surface area contributed by atoms with Crippen molar-refractivity contribution in [3.63, 3.8) is 0 Å². The van der Waals surface area contributed by atoms with E-state index in [1.165, 1.54) is 60.0 Å². The van der Waals surface area contributed by atoms with Crippen molar-refractivity contribution in [2.24, 2.45) is 0 Å². The summed E-state index contributed by atoms with van der Waals surface area (Å²) in [5.74, 6) is 0. The van der Waals surface area contributed by atoms with E-state index in [0.29, 0.717) is 0 Å². The lowest BCUT2D eigenvalue weighted by molar-refractivity contribution is 0.673. The highest BCUT2D eigenvalue weighted by atomic mass is 16.3. The molecule has 0 aliphatic heterocycles. The molecular formula is C58H37NO. The van der Waals surface area contributed by atoms with Crippen LogP contribution in [0.15, 0.2) is 229 Å². The number of anilines is 3. The average Bonchev–Trinajstić information content (AvgIpc) is 3.71. The predicted octanol–water partition coefficient (Wildman–Crippen LogP) is 16.7. The summed E-state index contributed by atoms with van der Waals surface area (Å²) in [6.07, 6.45) is 0. The molecule has 0 aliphatic rings. The molecule has 1 aromatic heterocycles. The molecule has 12 aromatic rings. The van der Waals surface area contributed by atoms with Crippen LogP contribution in [-0.4, -0.2) is 0 Å². The van der Waals surface area contributed by atoms with E-state index < -0.39 is 0 Å². The maximum absolute atomic E-state index is 6.64. The average molecular weight is 764 g/mol. The van der Waals surface area contributed by atoms with Gasteiger partial charge in [0.2, 0.25) is 0 Å². The van der Waals surface area contributed by atoms with E-state index in [9.17, 15) is 0 Å². The first-order chi connectivity index (χ1) is 29.8. The van der Waals surface area contributed by atoms with Crippen LogP contribution in [0.25, 0.3) is 98.4 Å². The summed E-state index contributed by atoms with van der Waals surface area (Å²) < 4.78 is 6.64. The third kappa shape index (κ3) is 5.50. The third-order valence-electron chi connectivity index (χ3n) is 12.2. The molecule has 0 radical (unpaired) electrons. The van der Waals surface area contributed by atoms with Crippen LogP contribution in [0.3, 0.4) is 0 Å². The smallest absolute Gasteiger partial charge is 0.143 e. The Morgan fingerprint density at radius 3 is 1.65 bits per heavy atom. The van der Waals surface area contributed by atoms with Crippen LogP contribution in [0.2, 0.25) is 0 Å². The lowest BCUT2D eigenvalue weighted by atomic mass is 9.85. The maximum Gasteiger partial charge on any atom is 0.143 e. The first-order valence-corrected chi connectivity index (χ1v) is 20.6. The van der Waals surface area contributed by atoms with E-state index in [2.05, 4.69) is 229 Å². The van der Waals surface area contributed by atoms with Crippen LogP contribution in [0.5, 0.6) is 0 Å². The van der Waals surface area contributed by atoms with E-state index in [1.54, 1.807) is 0 Å². The molecule has 12 rings (SSSR count). The van der Waals surface area contributed by atoms with Crippen molar-refractivity contribution in [3.05, 3.63) is 224 Å². The molecule has 0 saturated carbocycles. The Hall–Kier alpha value is -7.94. The van der Waals surface area contributed by atoms with Crippen LogP contribution in [0.4, 0.5) is 17.1 Å². The standard InChI is InChI=1S/C58H37NO/c1-3-17-40(18-4-1)55-51-26-12-11-25-49(51)50-34-32-46(37-53(50)56(55)41-19-5-2-6-20-41)59(45-31-29-38-15-7-8-21-42(38)35-45)44-23-13-22-43(36-44)47-27-14-28-54-57(47)52-33-30-39-16-9-10-24-48(39)58(52)60-54/h1-37H. The topological polar surface area (TPSA) is 16.4 Å². The Balaban J connectivity index is 1.12. The molecule has 0 unspecified atom stereocenters. The van der Waals surface area contributed by atoms with Gasteiger partial charge in [0.1, 0.15) is 11.2 Å². The molecule has 0 N–H and O–H groups in total. The van der Waals surface area contributed by atoms with Gasteiger partial charge in [0.25, 0.3) is 0 Å². The summed E-state index contributed by atoms with van der Waals surface area (Å²) in [6.45, 7) is 0. The number of hydrogen-bond donors (Lipinski definition) is 0. The highest BCUT2D eigenvalue weighted by Gasteiger charge is 2.22. The lowest BCUT2D eigenvalue weighted by Crippen LogP contribution is -2.10. The number of rotatable bonds is 6. The monoisotopic (exact) mass is 763 g/mol. The van der Waals surface area contributed by atoms with Crippen molar-refractivity contribution in [1.29, 1.82) is 0 Å². The molecule has 0 saturated heterocycles. The highest BCUT2D eigenvalue weighted by Crippen LogP contribution is 2.48. The number of fused-ring (bicyclic) bond motifs is 9.